The predicted molar refractivity (Wildman–Crippen MR) is 93.5 cm³/mol. The smallest absolute Gasteiger partial charge is 0.223 e. The molecule has 3 nitrogen and oxygen atoms in total. The van der Waals surface area contributed by atoms with Crippen molar-refractivity contribution in [2.45, 2.75) is 63.5 Å². The molecule has 2 aliphatic heterocycles. The molecule has 0 radical (unpaired) electrons. The molecule has 3 aliphatic rings. The Morgan fingerprint density at radius 1 is 1.25 bits per heavy atom. The predicted octanol–water partition coefficient (Wildman–Crippen LogP) is 3.98. The Morgan fingerprint density at radius 3 is 2.62 bits per heavy atom. The van der Waals surface area contributed by atoms with E-state index in [4.69, 9.17) is 0 Å². The lowest BCUT2D eigenvalue weighted by Crippen LogP contribution is -2.49. The summed E-state index contributed by atoms with van der Waals surface area (Å²) in [5.41, 5.74) is 0.990. The summed E-state index contributed by atoms with van der Waals surface area (Å²) in [5, 5.41) is 0. The minimum absolute atomic E-state index is 0.0275. The average Bonchev–Trinajstić information content (AvgIpc) is 3.17. The number of benzene rings is 1. The van der Waals surface area contributed by atoms with Crippen molar-refractivity contribution < 1.29 is 9.18 Å². The van der Waals surface area contributed by atoms with Crippen molar-refractivity contribution in [3.05, 3.63) is 30.1 Å². The average molecular weight is 330 g/mol. The van der Waals surface area contributed by atoms with Crippen molar-refractivity contribution in [3.8, 4) is 0 Å². The van der Waals surface area contributed by atoms with Crippen LogP contribution in [0.15, 0.2) is 24.3 Å². The van der Waals surface area contributed by atoms with Crippen LogP contribution in [0, 0.1) is 11.7 Å². The molecule has 0 aromatic heterocycles. The van der Waals surface area contributed by atoms with E-state index in [9.17, 15) is 9.18 Å². The van der Waals surface area contributed by atoms with Gasteiger partial charge in [0.1, 0.15) is 5.82 Å². The summed E-state index contributed by atoms with van der Waals surface area (Å²) in [6, 6.07) is 6.78. The van der Waals surface area contributed by atoms with E-state index < -0.39 is 0 Å². The second kappa shape index (κ2) is 5.47. The number of carbonyl (C=O) groups is 1. The van der Waals surface area contributed by atoms with Gasteiger partial charge in [0, 0.05) is 30.7 Å². The Balaban J connectivity index is 1.59. The maximum atomic E-state index is 13.3. The van der Waals surface area contributed by atoms with Crippen LogP contribution in [0.3, 0.4) is 0 Å². The molecule has 2 saturated heterocycles. The van der Waals surface area contributed by atoms with Crippen LogP contribution in [0.2, 0.25) is 0 Å². The summed E-state index contributed by atoms with van der Waals surface area (Å²) in [6.07, 6.45) is 6.36. The van der Waals surface area contributed by atoms with Crippen molar-refractivity contribution in [2.24, 2.45) is 5.92 Å². The summed E-state index contributed by atoms with van der Waals surface area (Å²) in [7, 11) is 0. The summed E-state index contributed by atoms with van der Waals surface area (Å²) in [5.74, 6) is 0.789. The first-order chi connectivity index (χ1) is 11.4. The maximum Gasteiger partial charge on any atom is 0.223 e. The monoisotopic (exact) mass is 330 g/mol. The second-order valence-electron chi connectivity index (χ2n) is 8.57. The van der Waals surface area contributed by atoms with E-state index in [0.29, 0.717) is 11.8 Å². The number of hydrogen-bond donors (Lipinski definition) is 0. The molecule has 24 heavy (non-hydrogen) atoms. The molecule has 1 amide bonds. The van der Waals surface area contributed by atoms with Crippen LogP contribution in [0.5, 0.6) is 0 Å². The molecule has 4 heteroatoms. The number of amides is 1. The Kier molecular flexibility index (Phi) is 3.63. The number of rotatable bonds is 3. The molecular weight excluding hydrogens is 303 g/mol. The zero-order chi connectivity index (χ0) is 16.9. The molecule has 1 unspecified atom stereocenters. The third-order valence-electron chi connectivity index (χ3n) is 6.14. The molecule has 1 atom stereocenters. The van der Waals surface area contributed by atoms with Crippen LogP contribution in [-0.4, -0.2) is 35.0 Å². The van der Waals surface area contributed by atoms with Crippen molar-refractivity contribution in [1.29, 1.82) is 0 Å². The first-order valence-electron chi connectivity index (χ1n) is 9.23. The number of anilines is 1. The van der Waals surface area contributed by atoms with Crippen LogP contribution in [0.1, 0.15) is 52.4 Å². The van der Waals surface area contributed by atoms with E-state index in [-0.39, 0.29) is 16.9 Å². The number of nitrogens with zero attached hydrogens (tertiary/aromatic N) is 2. The fraction of sp³-hybridized carbons (Fsp3) is 0.650. The Labute approximate surface area is 143 Å². The molecule has 0 N–H and O–H groups in total. The summed E-state index contributed by atoms with van der Waals surface area (Å²) >= 11 is 0. The van der Waals surface area contributed by atoms with Crippen LogP contribution in [0.4, 0.5) is 10.1 Å². The van der Waals surface area contributed by atoms with Gasteiger partial charge >= 0.3 is 0 Å². The molecule has 1 aliphatic carbocycles. The quantitative estimate of drug-likeness (QED) is 0.837. The lowest BCUT2D eigenvalue weighted by atomic mass is 9.87. The van der Waals surface area contributed by atoms with Gasteiger partial charge in [-0.3, -0.25) is 4.79 Å². The molecule has 1 aromatic rings. The third-order valence-corrected chi connectivity index (χ3v) is 6.14. The molecule has 1 aromatic carbocycles. The van der Waals surface area contributed by atoms with Crippen molar-refractivity contribution in [2.75, 3.05) is 18.0 Å². The van der Waals surface area contributed by atoms with Crippen LogP contribution < -0.4 is 4.90 Å². The molecule has 1 saturated carbocycles. The second-order valence-corrected chi connectivity index (χ2v) is 8.57. The number of halogens is 1. The molecule has 2 heterocycles. The highest BCUT2D eigenvalue weighted by atomic mass is 19.1. The van der Waals surface area contributed by atoms with Gasteiger partial charge in [-0.2, -0.15) is 0 Å². The topological polar surface area (TPSA) is 23.6 Å². The van der Waals surface area contributed by atoms with E-state index in [1.807, 2.05) is 12.1 Å². The van der Waals surface area contributed by atoms with Gasteiger partial charge in [0.25, 0.3) is 0 Å². The third kappa shape index (κ3) is 2.70. The van der Waals surface area contributed by atoms with E-state index >= 15 is 0 Å². The normalized spacial score (nSPS) is 28.8. The van der Waals surface area contributed by atoms with Gasteiger partial charge in [-0.15, -0.1) is 0 Å². The minimum Gasteiger partial charge on any atom is -0.364 e. The first-order valence-corrected chi connectivity index (χ1v) is 9.23. The largest absolute Gasteiger partial charge is 0.364 e. The Hall–Kier alpha value is -1.58. The molecule has 0 bridgehead atoms. The fourth-order valence-electron chi connectivity index (χ4n) is 4.88. The van der Waals surface area contributed by atoms with Gasteiger partial charge in [0.2, 0.25) is 5.91 Å². The van der Waals surface area contributed by atoms with E-state index in [2.05, 4.69) is 23.6 Å². The Morgan fingerprint density at radius 2 is 1.96 bits per heavy atom. The number of likely N-dealkylation sites (tertiary alicyclic amines) is 1. The Bertz CT molecular complexity index is 638. The van der Waals surface area contributed by atoms with Gasteiger partial charge in [0.15, 0.2) is 0 Å². The van der Waals surface area contributed by atoms with Gasteiger partial charge in [-0.1, -0.05) is 0 Å². The zero-order valence-electron chi connectivity index (χ0n) is 14.7. The van der Waals surface area contributed by atoms with Gasteiger partial charge < -0.3 is 9.80 Å². The van der Waals surface area contributed by atoms with E-state index in [1.165, 1.54) is 25.0 Å². The summed E-state index contributed by atoms with van der Waals surface area (Å²) in [6.45, 7) is 6.25. The maximum absolute atomic E-state index is 13.3. The lowest BCUT2D eigenvalue weighted by molar-refractivity contribution is -0.135. The van der Waals surface area contributed by atoms with Gasteiger partial charge in [-0.05, 0) is 76.1 Å². The van der Waals surface area contributed by atoms with E-state index in [1.54, 1.807) is 0 Å². The van der Waals surface area contributed by atoms with Gasteiger partial charge in [-0.25, -0.2) is 4.39 Å². The minimum atomic E-state index is -0.201. The molecule has 1 spiro atoms. The van der Waals surface area contributed by atoms with Crippen LogP contribution >= 0.6 is 0 Å². The van der Waals surface area contributed by atoms with Crippen molar-refractivity contribution >= 4 is 11.6 Å². The van der Waals surface area contributed by atoms with Gasteiger partial charge in [0.05, 0.1) is 5.54 Å². The highest BCUT2D eigenvalue weighted by Crippen LogP contribution is 2.47. The molecule has 3 fully saturated rings. The molecular formula is C20H27FN2O. The number of hydrogen-bond acceptors (Lipinski definition) is 2. The highest BCUT2D eigenvalue weighted by Gasteiger charge is 2.54. The van der Waals surface area contributed by atoms with Crippen molar-refractivity contribution in [3.63, 3.8) is 0 Å². The summed E-state index contributed by atoms with van der Waals surface area (Å²) in [4.78, 5) is 17.4. The van der Waals surface area contributed by atoms with Crippen LogP contribution in [0.25, 0.3) is 0 Å². The standard InChI is InChI=1S/C20H27FN2O/c1-19(2)13-20(14-23(19)17-8-6-16(21)7-9-17)10-3-11-22(20)18(24)12-15-4-5-15/h6-9,15H,3-5,10-14H2,1-2H3. The van der Waals surface area contributed by atoms with E-state index in [0.717, 1.165) is 44.5 Å². The molecule has 4 rings (SSSR count). The molecule has 130 valence electrons. The first kappa shape index (κ1) is 15.9. The SMILES string of the molecule is CC1(C)CC2(CCCN2C(=O)CC2CC2)CN1c1ccc(F)cc1. The van der Waals surface area contributed by atoms with Crippen molar-refractivity contribution in [1.82, 2.24) is 4.90 Å². The zero-order valence-corrected chi connectivity index (χ0v) is 14.7. The lowest BCUT2D eigenvalue weighted by Gasteiger charge is -2.35. The number of carbonyl (C=O) groups excluding carboxylic acids is 1. The van der Waals surface area contributed by atoms with Crippen LogP contribution in [-0.2, 0) is 4.79 Å². The highest BCUT2D eigenvalue weighted by molar-refractivity contribution is 5.78. The summed E-state index contributed by atoms with van der Waals surface area (Å²) < 4.78 is 13.3. The fourth-order valence-corrected chi connectivity index (χ4v) is 4.88.